The number of nitro groups is 1. The van der Waals surface area contributed by atoms with Crippen LogP contribution in [0, 0.1) is 15.9 Å². The van der Waals surface area contributed by atoms with Crippen LogP contribution in [0.3, 0.4) is 0 Å². The third-order valence-corrected chi connectivity index (χ3v) is 2.52. The summed E-state index contributed by atoms with van der Waals surface area (Å²) in [5.41, 5.74) is 0.0685. The van der Waals surface area contributed by atoms with Gasteiger partial charge in [0.2, 0.25) is 5.82 Å². The second kappa shape index (κ2) is 7.39. The highest BCUT2D eigenvalue weighted by molar-refractivity contribution is 5.73. The van der Waals surface area contributed by atoms with Gasteiger partial charge in [0.05, 0.1) is 4.92 Å². The number of hydrogen-bond acceptors (Lipinski definition) is 4. The van der Waals surface area contributed by atoms with Gasteiger partial charge in [-0.3, -0.25) is 10.1 Å². The van der Waals surface area contributed by atoms with E-state index in [9.17, 15) is 19.3 Å². The molecule has 0 aliphatic carbocycles. The Hall–Kier alpha value is -2.22. The van der Waals surface area contributed by atoms with E-state index in [0.717, 1.165) is 12.1 Å². The summed E-state index contributed by atoms with van der Waals surface area (Å²) in [6, 6.07) is 3.57. The fourth-order valence-electron chi connectivity index (χ4n) is 1.46. The topological polar surface area (TPSA) is 87.5 Å². The molecule has 0 saturated heterocycles. The zero-order valence-electron chi connectivity index (χ0n) is 11.4. The van der Waals surface area contributed by atoms with Crippen molar-refractivity contribution in [3.05, 3.63) is 39.7 Å². The van der Waals surface area contributed by atoms with E-state index in [1.54, 1.807) is 14.1 Å². The molecule has 0 aliphatic rings. The molecular formula is C12H17FN4O3. The first-order valence-electron chi connectivity index (χ1n) is 6.00. The summed E-state index contributed by atoms with van der Waals surface area (Å²) in [4.78, 5) is 22.3. The summed E-state index contributed by atoms with van der Waals surface area (Å²) in [6.07, 6.45) is 0. The second-order valence-corrected chi connectivity index (χ2v) is 4.35. The van der Waals surface area contributed by atoms with Crippen molar-refractivity contribution in [2.24, 2.45) is 0 Å². The maximum absolute atomic E-state index is 13.3. The minimum absolute atomic E-state index is 0.187. The van der Waals surface area contributed by atoms with Crippen molar-refractivity contribution in [3.63, 3.8) is 0 Å². The molecule has 2 amide bonds. The summed E-state index contributed by atoms with van der Waals surface area (Å²) >= 11 is 0. The van der Waals surface area contributed by atoms with Crippen LogP contribution in [0.1, 0.15) is 5.56 Å². The third kappa shape index (κ3) is 4.81. The Morgan fingerprint density at radius 2 is 2.10 bits per heavy atom. The number of benzene rings is 1. The average molecular weight is 284 g/mol. The van der Waals surface area contributed by atoms with E-state index < -0.39 is 16.4 Å². The number of urea groups is 1. The van der Waals surface area contributed by atoms with Crippen molar-refractivity contribution >= 4 is 11.7 Å². The Balaban J connectivity index is 2.34. The van der Waals surface area contributed by atoms with Gasteiger partial charge in [0.1, 0.15) is 0 Å². The largest absolute Gasteiger partial charge is 0.337 e. The summed E-state index contributed by atoms with van der Waals surface area (Å²) in [5.74, 6) is -0.852. The Bertz CT molecular complexity index is 494. The molecule has 0 aliphatic heterocycles. The minimum atomic E-state index is -0.852. The summed E-state index contributed by atoms with van der Waals surface area (Å²) in [5, 5.41) is 16.1. The molecule has 0 aromatic heterocycles. The fourth-order valence-corrected chi connectivity index (χ4v) is 1.46. The zero-order chi connectivity index (χ0) is 15.1. The van der Waals surface area contributed by atoms with Crippen molar-refractivity contribution in [1.29, 1.82) is 0 Å². The van der Waals surface area contributed by atoms with Crippen LogP contribution in [0.25, 0.3) is 0 Å². The molecule has 1 aromatic rings. The predicted octanol–water partition coefficient (Wildman–Crippen LogP) is 1.09. The number of hydrogen-bond donors (Lipinski definition) is 2. The van der Waals surface area contributed by atoms with Crippen LogP contribution in [0.2, 0.25) is 0 Å². The van der Waals surface area contributed by atoms with Crippen LogP contribution in [0.5, 0.6) is 0 Å². The van der Waals surface area contributed by atoms with Crippen molar-refractivity contribution < 1.29 is 14.1 Å². The molecule has 0 bridgehead atoms. The highest BCUT2D eigenvalue weighted by Gasteiger charge is 2.13. The maximum Gasteiger partial charge on any atom is 0.316 e. The standard InChI is InChI=1S/C12H17FN4O3/c1-16(2)12(18)15-6-5-14-8-9-3-4-11(17(19)20)10(13)7-9/h3-4,7,14H,5-6,8H2,1-2H3,(H,15,18). The Labute approximate surface area is 115 Å². The molecule has 110 valence electrons. The lowest BCUT2D eigenvalue weighted by Crippen LogP contribution is -2.38. The molecule has 1 aromatic carbocycles. The number of carbonyl (C=O) groups is 1. The first-order chi connectivity index (χ1) is 9.41. The normalized spacial score (nSPS) is 10.2. The molecule has 2 N–H and O–H groups in total. The molecule has 0 saturated carbocycles. The van der Waals surface area contributed by atoms with E-state index in [2.05, 4.69) is 10.6 Å². The van der Waals surface area contributed by atoms with Gasteiger partial charge in [-0.25, -0.2) is 4.79 Å². The van der Waals surface area contributed by atoms with Gasteiger partial charge in [0, 0.05) is 39.8 Å². The highest BCUT2D eigenvalue weighted by Crippen LogP contribution is 2.17. The molecule has 1 rings (SSSR count). The fraction of sp³-hybridized carbons (Fsp3) is 0.417. The molecule has 0 heterocycles. The van der Waals surface area contributed by atoms with Crippen molar-refractivity contribution in [2.75, 3.05) is 27.2 Å². The summed E-state index contributed by atoms with van der Waals surface area (Å²) < 4.78 is 13.3. The van der Waals surface area contributed by atoms with Gasteiger partial charge in [0.25, 0.3) is 0 Å². The lowest BCUT2D eigenvalue weighted by molar-refractivity contribution is -0.387. The van der Waals surface area contributed by atoms with Gasteiger partial charge < -0.3 is 15.5 Å². The number of nitrogens with one attached hydrogen (secondary N) is 2. The van der Waals surface area contributed by atoms with Gasteiger partial charge in [0.15, 0.2) is 0 Å². The third-order valence-electron chi connectivity index (χ3n) is 2.52. The average Bonchev–Trinajstić information content (AvgIpc) is 2.37. The highest BCUT2D eigenvalue weighted by atomic mass is 19.1. The molecule has 0 atom stereocenters. The smallest absolute Gasteiger partial charge is 0.316 e. The molecule has 0 unspecified atom stereocenters. The monoisotopic (exact) mass is 284 g/mol. The Morgan fingerprint density at radius 3 is 2.65 bits per heavy atom. The number of amides is 2. The Kier molecular flexibility index (Phi) is 5.85. The van der Waals surface area contributed by atoms with E-state index in [4.69, 9.17) is 0 Å². The molecular weight excluding hydrogens is 267 g/mol. The lowest BCUT2D eigenvalue weighted by atomic mass is 10.2. The van der Waals surface area contributed by atoms with Crippen molar-refractivity contribution in [1.82, 2.24) is 15.5 Å². The van der Waals surface area contributed by atoms with Crippen LogP contribution < -0.4 is 10.6 Å². The molecule has 0 fully saturated rings. The van der Waals surface area contributed by atoms with Gasteiger partial charge in [-0.05, 0) is 11.6 Å². The second-order valence-electron chi connectivity index (χ2n) is 4.35. The van der Waals surface area contributed by atoms with E-state index >= 15 is 0 Å². The van der Waals surface area contributed by atoms with Crippen LogP contribution in [0.4, 0.5) is 14.9 Å². The van der Waals surface area contributed by atoms with Gasteiger partial charge in [-0.2, -0.15) is 4.39 Å². The van der Waals surface area contributed by atoms with Gasteiger partial charge in [-0.15, -0.1) is 0 Å². The predicted molar refractivity (Wildman–Crippen MR) is 71.8 cm³/mol. The zero-order valence-corrected chi connectivity index (χ0v) is 11.4. The Morgan fingerprint density at radius 1 is 1.40 bits per heavy atom. The molecule has 20 heavy (non-hydrogen) atoms. The van der Waals surface area contributed by atoms with E-state index in [1.807, 2.05) is 0 Å². The van der Waals surface area contributed by atoms with Crippen LogP contribution in [-0.4, -0.2) is 43.0 Å². The summed E-state index contributed by atoms with van der Waals surface area (Å²) in [7, 11) is 3.28. The quantitative estimate of drug-likeness (QED) is 0.465. The molecule has 7 nitrogen and oxygen atoms in total. The first kappa shape index (κ1) is 15.8. The van der Waals surface area contributed by atoms with E-state index in [1.165, 1.54) is 11.0 Å². The number of rotatable bonds is 6. The van der Waals surface area contributed by atoms with Crippen molar-refractivity contribution in [2.45, 2.75) is 6.54 Å². The van der Waals surface area contributed by atoms with Crippen LogP contribution in [-0.2, 0) is 6.54 Å². The van der Waals surface area contributed by atoms with E-state index in [-0.39, 0.29) is 6.03 Å². The SMILES string of the molecule is CN(C)C(=O)NCCNCc1ccc([N+](=O)[O-])c(F)c1. The molecule has 0 spiro atoms. The maximum atomic E-state index is 13.3. The van der Waals surface area contributed by atoms with Gasteiger partial charge >= 0.3 is 11.7 Å². The number of nitro benzene ring substituents is 1. The summed E-state index contributed by atoms with van der Waals surface area (Å²) in [6.45, 7) is 1.32. The molecule has 8 heteroatoms. The minimum Gasteiger partial charge on any atom is -0.337 e. The van der Waals surface area contributed by atoms with Gasteiger partial charge in [-0.1, -0.05) is 6.07 Å². The first-order valence-corrected chi connectivity index (χ1v) is 6.00. The van der Waals surface area contributed by atoms with E-state index in [0.29, 0.717) is 25.2 Å². The molecule has 0 radical (unpaired) electrons. The van der Waals surface area contributed by atoms with Crippen LogP contribution in [0.15, 0.2) is 18.2 Å². The van der Waals surface area contributed by atoms with Crippen LogP contribution >= 0.6 is 0 Å². The lowest BCUT2D eigenvalue weighted by Gasteiger charge is -2.12. The van der Waals surface area contributed by atoms with Crippen molar-refractivity contribution in [3.8, 4) is 0 Å². The number of carbonyl (C=O) groups excluding carboxylic acids is 1. The number of halogens is 1. The number of nitrogens with zero attached hydrogens (tertiary/aromatic N) is 2.